The van der Waals surface area contributed by atoms with Crippen molar-refractivity contribution in [1.29, 1.82) is 0 Å². The van der Waals surface area contributed by atoms with Crippen molar-refractivity contribution >= 4 is 5.91 Å². The monoisotopic (exact) mass is 362 g/mol. The van der Waals surface area contributed by atoms with Crippen molar-refractivity contribution in [3.05, 3.63) is 0 Å². The van der Waals surface area contributed by atoms with Gasteiger partial charge in [0, 0.05) is 32.1 Å². The van der Waals surface area contributed by atoms with E-state index in [1.807, 2.05) is 13.8 Å². The third-order valence-corrected chi connectivity index (χ3v) is 3.36. The van der Waals surface area contributed by atoms with Crippen LogP contribution in [-0.2, 0) is 23.7 Å². The van der Waals surface area contributed by atoms with Gasteiger partial charge in [-0.3, -0.25) is 4.79 Å². The van der Waals surface area contributed by atoms with E-state index < -0.39 is 0 Å². The Kier molecular flexibility index (Phi) is 16.2. The maximum absolute atomic E-state index is 11.7. The molecule has 150 valence electrons. The summed E-state index contributed by atoms with van der Waals surface area (Å²) in [5.41, 5.74) is 0. The van der Waals surface area contributed by atoms with Gasteiger partial charge in [-0.25, -0.2) is 0 Å². The van der Waals surface area contributed by atoms with Crippen molar-refractivity contribution in [3.8, 4) is 0 Å². The summed E-state index contributed by atoms with van der Waals surface area (Å²) in [7, 11) is 1.80. The normalized spacial score (nSPS) is 11.5. The van der Waals surface area contributed by atoms with E-state index in [0.29, 0.717) is 65.4 Å². The first-order valence-electron chi connectivity index (χ1n) is 9.24. The van der Waals surface area contributed by atoms with Crippen LogP contribution in [0.25, 0.3) is 0 Å². The van der Waals surface area contributed by atoms with Crippen LogP contribution in [0.2, 0.25) is 0 Å². The third kappa shape index (κ3) is 16.5. The van der Waals surface area contributed by atoms with E-state index in [0.717, 1.165) is 6.54 Å². The molecule has 0 aliphatic rings. The molecule has 0 atom stereocenters. The Morgan fingerprint density at radius 3 is 1.68 bits per heavy atom. The second-order valence-electron chi connectivity index (χ2n) is 6.47. The smallest absolute Gasteiger partial charge is 0.224 e. The summed E-state index contributed by atoms with van der Waals surface area (Å²) in [5, 5.41) is 3.28. The molecule has 7 nitrogen and oxygen atoms in total. The van der Waals surface area contributed by atoms with Gasteiger partial charge in [0.25, 0.3) is 0 Å². The number of nitrogens with zero attached hydrogens (tertiary/aromatic N) is 1. The molecule has 0 saturated heterocycles. The van der Waals surface area contributed by atoms with E-state index in [2.05, 4.69) is 19.2 Å². The molecule has 25 heavy (non-hydrogen) atoms. The van der Waals surface area contributed by atoms with Crippen LogP contribution in [0.3, 0.4) is 0 Å². The summed E-state index contributed by atoms with van der Waals surface area (Å²) in [6, 6.07) is 0.490. The lowest BCUT2D eigenvalue weighted by atomic mass is 10.2. The van der Waals surface area contributed by atoms with E-state index in [-0.39, 0.29) is 11.8 Å². The van der Waals surface area contributed by atoms with Gasteiger partial charge < -0.3 is 29.2 Å². The molecule has 0 rings (SSSR count). The van der Waals surface area contributed by atoms with Crippen LogP contribution < -0.4 is 5.32 Å². The van der Waals surface area contributed by atoms with E-state index in [9.17, 15) is 4.79 Å². The first kappa shape index (κ1) is 24.3. The Labute approximate surface area is 153 Å². The van der Waals surface area contributed by atoms with Crippen LogP contribution in [0.1, 0.15) is 27.7 Å². The topological polar surface area (TPSA) is 69.3 Å². The standard InChI is InChI=1S/C18H38N2O5/c1-16(2)18(21)20(5)7-9-23-11-13-25-15-14-24-12-10-22-8-6-19-17(3)4/h16-17,19H,6-15H2,1-5H3. The highest BCUT2D eigenvalue weighted by Gasteiger charge is 2.11. The predicted molar refractivity (Wildman–Crippen MR) is 98.9 cm³/mol. The summed E-state index contributed by atoms with van der Waals surface area (Å²) in [6.07, 6.45) is 0. The number of ether oxygens (including phenoxy) is 4. The minimum Gasteiger partial charge on any atom is -0.378 e. The molecule has 0 saturated carbocycles. The fraction of sp³-hybridized carbons (Fsp3) is 0.944. The lowest BCUT2D eigenvalue weighted by Gasteiger charge is -2.19. The van der Waals surface area contributed by atoms with Crippen molar-refractivity contribution in [2.45, 2.75) is 33.7 Å². The molecule has 0 fully saturated rings. The summed E-state index contributed by atoms with van der Waals surface area (Å²) < 4.78 is 21.7. The minimum atomic E-state index is 0.0236. The van der Waals surface area contributed by atoms with Crippen molar-refractivity contribution < 1.29 is 23.7 Å². The van der Waals surface area contributed by atoms with Gasteiger partial charge in [0.15, 0.2) is 0 Å². The Morgan fingerprint density at radius 1 is 0.800 bits per heavy atom. The molecule has 0 spiro atoms. The number of rotatable bonds is 17. The molecular weight excluding hydrogens is 324 g/mol. The van der Waals surface area contributed by atoms with Gasteiger partial charge in [0.1, 0.15) is 0 Å². The average molecular weight is 363 g/mol. The van der Waals surface area contributed by atoms with Crippen LogP contribution >= 0.6 is 0 Å². The first-order valence-corrected chi connectivity index (χ1v) is 9.24. The summed E-state index contributed by atoms with van der Waals surface area (Å²) in [4.78, 5) is 13.3. The van der Waals surface area contributed by atoms with Gasteiger partial charge in [0.05, 0.1) is 52.9 Å². The highest BCUT2D eigenvalue weighted by Crippen LogP contribution is 1.98. The number of nitrogens with one attached hydrogen (secondary N) is 1. The number of likely N-dealkylation sites (N-methyl/N-ethyl adjacent to an activating group) is 1. The molecule has 0 radical (unpaired) electrons. The van der Waals surface area contributed by atoms with Gasteiger partial charge in [0.2, 0.25) is 5.91 Å². The molecule has 1 amide bonds. The molecular formula is C18H38N2O5. The average Bonchev–Trinajstić information content (AvgIpc) is 2.56. The van der Waals surface area contributed by atoms with Crippen molar-refractivity contribution in [3.63, 3.8) is 0 Å². The zero-order valence-corrected chi connectivity index (χ0v) is 16.7. The fourth-order valence-corrected chi connectivity index (χ4v) is 1.93. The second kappa shape index (κ2) is 16.7. The van der Waals surface area contributed by atoms with Crippen LogP contribution in [0, 0.1) is 5.92 Å². The fourth-order valence-electron chi connectivity index (χ4n) is 1.93. The summed E-state index contributed by atoms with van der Waals surface area (Å²) >= 11 is 0. The Bertz CT molecular complexity index is 314. The molecule has 0 aromatic rings. The van der Waals surface area contributed by atoms with Gasteiger partial charge >= 0.3 is 0 Å². The number of carbonyl (C=O) groups is 1. The number of hydrogen-bond acceptors (Lipinski definition) is 6. The molecule has 0 aromatic heterocycles. The summed E-state index contributed by atoms with van der Waals surface area (Å²) in [5.74, 6) is 0.160. The highest BCUT2D eigenvalue weighted by atomic mass is 16.6. The van der Waals surface area contributed by atoms with E-state index in [4.69, 9.17) is 18.9 Å². The van der Waals surface area contributed by atoms with Crippen LogP contribution in [0.4, 0.5) is 0 Å². The number of amides is 1. The first-order chi connectivity index (χ1) is 11.9. The van der Waals surface area contributed by atoms with Gasteiger partial charge in [-0.2, -0.15) is 0 Å². The largest absolute Gasteiger partial charge is 0.378 e. The van der Waals surface area contributed by atoms with Crippen LogP contribution in [0.5, 0.6) is 0 Å². The highest BCUT2D eigenvalue weighted by molar-refractivity contribution is 5.77. The molecule has 0 aliphatic carbocycles. The van der Waals surface area contributed by atoms with Crippen LogP contribution in [0.15, 0.2) is 0 Å². The lowest BCUT2D eigenvalue weighted by molar-refractivity contribution is -0.133. The molecule has 0 unspecified atom stereocenters. The van der Waals surface area contributed by atoms with E-state index >= 15 is 0 Å². The number of hydrogen-bond donors (Lipinski definition) is 1. The maximum atomic E-state index is 11.7. The maximum Gasteiger partial charge on any atom is 0.224 e. The van der Waals surface area contributed by atoms with Crippen molar-refractivity contribution in [1.82, 2.24) is 10.2 Å². The minimum absolute atomic E-state index is 0.0236. The third-order valence-electron chi connectivity index (χ3n) is 3.36. The van der Waals surface area contributed by atoms with Gasteiger partial charge in [-0.15, -0.1) is 0 Å². The molecule has 0 aliphatic heterocycles. The quantitative estimate of drug-likeness (QED) is 0.392. The molecule has 0 bridgehead atoms. The zero-order valence-electron chi connectivity index (χ0n) is 16.7. The molecule has 0 aromatic carbocycles. The van der Waals surface area contributed by atoms with Crippen molar-refractivity contribution in [2.24, 2.45) is 5.92 Å². The molecule has 1 N–H and O–H groups in total. The lowest BCUT2D eigenvalue weighted by Crippen LogP contribution is -2.33. The molecule has 0 heterocycles. The van der Waals surface area contributed by atoms with Gasteiger partial charge in [-0.05, 0) is 0 Å². The molecule has 7 heteroatoms. The second-order valence-corrected chi connectivity index (χ2v) is 6.47. The van der Waals surface area contributed by atoms with Crippen molar-refractivity contribution in [2.75, 3.05) is 73.0 Å². The Morgan fingerprint density at radius 2 is 1.24 bits per heavy atom. The Balaban J connectivity index is 3.18. The SMILES string of the molecule is CC(C)NCCOCCOCCOCCOCCN(C)C(=O)C(C)C. The summed E-state index contributed by atoms with van der Waals surface area (Å²) in [6.45, 7) is 14.0. The van der Waals surface area contributed by atoms with Crippen LogP contribution in [-0.4, -0.2) is 89.8 Å². The van der Waals surface area contributed by atoms with E-state index in [1.54, 1.807) is 11.9 Å². The number of carbonyl (C=O) groups excluding carboxylic acids is 1. The predicted octanol–water partition coefficient (Wildman–Crippen LogP) is 1.17. The van der Waals surface area contributed by atoms with E-state index in [1.165, 1.54) is 0 Å². The Hall–Kier alpha value is -0.730. The van der Waals surface area contributed by atoms with Gasteiger partial charge in [-0.1, -0.05) is 27.7 Å². The zero-order chi connectivity index (χ0) is 18.9.